The predicted octanol–water partition coefficient (Wildman–Crippen LogP) is 2.67. The van der Waals surface area contributed by atoms with Crippen molar-refractivity contribution in [3.8, 4) is 5.75 Å². The number of nitrogens with two attached hydrogens (primary N) is 1. The topological polar surface area (TPSA) is 35.2 Å². The molecule has 0 unspecified atom stereocenters. The van der Waals surface area contributed by atoms with Gasteiger partial charge in [-0.1, -0.05) is 12.1 Å². The van der Waals surface area contributed by atoms with Gasteiger partial charge in [0.25, 0.3) is 0 Å². The van der Waals surface area contributed by atoms with E-state index in [4.69, 9.17) is 10.5 Å². The van der Waals surface area contributed by atoms with Crippen molar-refractivity contribution in [2.75, 3.05) is 18.9 Å². The molecule has 0 bridgehead atoms. The standard InChI is InChI=1S/C12H19NOS/c1-2-14-12-6-4-11(5-7-12)10-15-9-3-8-13/h4-7H,2-3,8-10,13H2,1H3. The van der Waals surface area contributed by atoms with Gasteiger partial charge in [0.15, 0.2) is 0 Å². The van der Waals surface area contributed by atoms with Crippen molar-refractivity contribution < 1.29 is 4.74 Å². The molecule has 0 aliphatic carbocycles. The number of rotatable bonds is 7. The van der Waals surface area contributed by atoms with Crippen LogP contribution in [-0.4, -0.2) is 18.9 Å². The molecule has 84 valence electrons. The van der Waals surface area contributed by atoms with E-state index < -0.39 is 0 Å². The highest BCUT2D eigenvalue weighted by Gasteiger charge is 1.95. The molecule has 15 heavy (non-hydrogen) atoms. The molecule has 0 atom stereocenters. The highest BCUT2D eigenvalue weighted by molar-refractivity contribution is 7.98. The lowest BCUT2D eigenvalue weighted by Crippen LogP contribution is -1.99. The molecule has 0 aliphatic heterocycles. The van der Waals surface area contributed by atoms with Gasteiger partial charge in [0.2, 0.25) is 0 Å². The number of thioether (sulfide) groups is 1. The van der Waals surface area contributed by atoms with Gasteiger partial charge in [0.1, 0.15) is 5.75 Å². The van der Waals surface area contributed by atoms with Crippen molar-refractivity contribution in [3.05, 3.63) is 29.8 Å². The lowest BCUT2D eigenvalue weighted by atomic mass is 10.2. The first-order chi connectivity index (χ1) is 7.36. The first-order valence-corrected chi connectivity index (χ1v) is 6.52. The molecule has 0 aromatic heterocycles. The van der Waals surface area contributed by atoms with Gasteiger partial charge in [-0.25, -0.2) is 0 Å². The fourth-order valence-electron chi connectivity index (χ4n) is 1.22. The van der Waals surface area contributed by atoms with Crippen molar-refractivity contribution in [3.63, 3.8) is 0 Å². The molecular weight excluding hydrogens is 206 g/mol. The zero-order chi connectivity index (χ0) is 10.9. The Kier molecular flexibility index (Phi) is 6.28. The maximum atomic E-state index is 5.43. The zero-order valence-electron chi connectivity index (χ0n) is 9.24. The van der Waals surface area contributed by atoms with E-state index in [9.17, 15) is 0 Å². The number of ether oxygens (including phenoxy) is 1. The molecule has 0 saturated carbocycles. The van der Waals surface area contributed by atoms with E-state index in [2.05, 4.69) is 12.1 Å². The minimum absolute atomic E-state index is 0.727. The maximum Gasteiger partial charge on any atom is 0.119 e. The van der Waals surface area contributed by atoms with Crippen LogP contribution in [0.15, 0.2) is 24.3 Å². The predicted molar refractivity (Wildman–Crippen MR) is 67.4 cm³/mol. The summed E-state index contributed by atoms with van der Waals surface area (Å²) in [5, 5.41) is 0. The molecule has 0 heterocycles. The average molecular weight is 225 g/mol. The summed E-state index contributed by atoms with van der Waals surface area (Å²) < 4.78 is 5.38. The second kappa shape index (κ2) is 7.60. The summed E-state index contributed by atoms with van der Waals surface area (Å²) >= 11 is 1.93. The summed E-state index contributed by atoms with van der Waals surface area (Å²) in [6, 6.07) is 8.31. The summed E-state index contributed by atoms with van der Waals surface area (Å²) in [6.45, 7) is 3.51. The lowest BCUT2D eigenvalue weighted by molar-refractivity contribution is 0.340. The van der Waals surface area contributed by atoms with E-state index in [-0.39, 0.29) is 0 Å². The highest BCUT2D eigenvalue weighted by atomic mass is 32.2. The summed E-state index contributed by atoms with van der Waals surface area (Å²) in [5.41, 5.74) is 6.78. The summed E-state index contributed by atoms with van der Waals surface area (Å²) in [7, 11) is 0. The van der Waals surface area contributed by atoms with E-state index in [1.54, 1.807) is 0 Å². The molecule has 0 spiro atoms. The Morgan fingerprint density at radius 2 is 2.00 bits per heavy atom. The van der Waals surface area contributed by atoms with Crippen LogP contribution in [0.25, 0.3) is 0 Å². The van der Waals surface area contributed by atoms with Gasteiger partial charge in [0.05, 0.1) is 6.61 Å². The molecule has 0 saturated heterocycles. The van der Waals surface area contributed by atoms with Gasteiger partial charge < -0.3 is 10.5 Å². The Morgan fingerprint density at radius 1 is 1.27 bits per heavy atom. The van der Waals surface area contributed by atoms with Gasteiger partial charge >= 0.3 is 0 Å². The third-order valence-corrected chi connectivity index (χ3v) is 3.11. The monoisotopic (exact) mass is 225 g/mol. The van der Waals surface area contributed by atoms with Crippen molar-refractivity contribution >= 4 is 11.8 Å². The van der Waals surface area contributed by atoms with Crippen LogP contribution in [0.5, 0.6) is 5.75 Å². The van der Waals surface area contributed by atoms with E-state index >= 15 is 0 Å². The first kappa shape index (κ1) is 12.4. The van der Waals surface area contributed by atoms with Gasteiger partial charge in [-0.15, -0.1) is 0 Å². The van der Waals surface area contributed by atoms with Crippen LogP contribution in [0, 0.1) is 0 Å². The molecule has 0 amide bonds. The Labute approximate surface area is 96.2 Å². The van der Waals surface area contributed by atoms with E-state index in [0.717, 1.165) is 36.8 Å². The number of benzene rings is 1. The van der Waals surface area contributed by atoms with Crippen molar-refractivity contribution in [2.45, 2.75) is 19.1 Å². The molecule has 0 fully saturated rings. The van der Waals surface area contributed by atoms with Gasteiger partial charge in [-0.3, -0.25) is 0 Å². The van der Waals surface area contributed by atoms with Gasteiger partial charge in [-0.2, -0.15) is 11.8 Å². The van der Waals surface area contributed by atoms with Crippen molar-refractivity contribution in [1.82, 2.24) is 0 Å². The molecular formula is C12H19NOS. The van der Waals surface area contributed by atoms with Crippen LogP contribution in [-0.2, 0) is 5.75 Å². The lowest BCUT2D eigenvalue weighted by Gasteiger charge is -2.04. The molecule has 1 rings (SSSR count). The normalized spacial score (nSPS) is 10.3. The third kappa shape index (κ3) is 5.09. The van der Waals surface area contributed by atoms with Crippen LogP contribution >= 0.6 is 11.8 Å². The van der Waals surface area contributed by atoms with Crippen LogP contribution < -0.4 is 10.5 Å². The summed E-state index contributed by atoms with van der Waals surface area (Å²) in [6.07, 6.45) is 1.10. The average Bonchev–Trinajstić information content (AvgIpc) is 2.27. The maximum absolute atomic E-state index is 5.43. The molecule has 0 aliphatic rings. The minimum atomic E-state index is 0.727. The quantitative estimate of drug-likeness (QED) is 0.725. The molecule has 0 radical (unpaired) electrons. The molecule has 3 heteroatoms. The van der Waals surface area contributed by atoms with Crippen molar-refractivity contribution in [1.29, 1.82) is 0 Å². The largest absolute Gasteiger partial charge is 0.494 e. The second-order valence-corrected chi connectivity index (χ2v) is 4.38. The van der Waals surface area contributed by atoms with Crippen LogP contribution in [0.3, 0.4) is 0 Å². The first-order valence-electron chi connectivity index (χ1n) is 5.36. The van der Waals surface area contributed by atoms with Crippen LogP contribution in [0.1, 0.15) is 18.9 Å². The second-order valence-electron chi connectivity index (χ2n) is 3.27. The highest BCUT2D eigenvalue weighted by Crippen LogP contribution is 2.17. The van der Waals surface area contributed by atoms with Gasteiger partial charge in [-0.05, 0) is 43.3 Å². The minimum Gasteiger partial charge on any atom is -0.494 e. The fourth-order valence-corrected chi connectivity index (χ4v) is 2.17. The van der Waals surface area contributed by atoms with E-state index in [1.165, 1.54) is 5.56 Å². The molecule has 1 aromatic rings. The fraction of sp³-hybridized carbons (Fsp3) is 0.500. The Morgan fingerprint density at radius 3 is 2.60 bits per heavy atom. The smallest absolute Gasteiger partial charge is 0.119 e. The SMILES string of the molecule is CCOc1ccc(CSCCCN)cc1. The van der Waals surface area contributed by atoms with Crippen LogP contribution in [0.2, 0.25) is 0 Å². The number of hydrogen-bond donors (Lipinski definition) is 1. The Bertz CT molecular complexity index is 261. The summed E-state index contributed by atoms with van der Waals surface area (Å²) in [4.78, 5) is 0. The summed E-state index contributed by atoms with van der Waals surface area (Å²) in [5.74, 6) is 3.16. The van der Waals surface area contributed by atoms with E-state index in [0.29, 0.717) is 0 Å². The van der Waals surface area contributed by atoms with Crippen molar-refractivity contribution in [2.24, 2.45) is 5.73 Å². The molecule has 1 aromatic carbocycles. The molecule has 2 nitrogen and oxygen atoms in total. The zero-order valence-corrected chi connectivity index (χ0v) is 10.1. The van der Waals surface area contributed by atoms with E-state index in [1.807, 2.05) is 30.8 Å². The Balaban J connectivity index is 2.29. The van der Waals surface area contributed by atoms with Crippen LogP contribution in [0.4, 0.5) is 0 Å². The van der Waals surface area contributed by atoms with Gasteiger partial charge in [0, 0.05) is 5.75 Å². The Hall–Kier alpha value is -0.670. The molecule has 2 N–H and O–H groups in total. The number of hydrogen-bond acceptors (Lipinski definition) is 3. The third-order valence-electron chi connectivity index (χ3n) is 2.00.